The standard InChI is InChI=1S/C8H4F3NO/c9-5-1-2-6-7(3-5)13-8(10,11)4-12-6/h1-4H. The minimum Gasteiger partial charge on any atom is -0.426 e. The van der Waals surface area contributed by atoms with Crippen LogP contribution in [0.15, 0.2) is 23.2 Å². The molecular weight excluding hydrogens is 183 g/mol. The maximum absolute atomic E-state index is 12.6. The van der Waals surface area contributed by atoms with Gasteiger partial charge in [0.05, 0.1) is 0 Å². The average Bonchev–Trinajstić information content (AvgIpc) is 2.01. The summed E-state index contributed by atoms with van der Waals surface area (Å²) in [6, 6.07) is 3.28. The third kappa shape index (κ3) is 1.49. The van der Waals surface area contributed by atoms with Gasteiger partial charge in [0.1, 0.15) is 17.7 Å². The summed E-state index contributed by atoms with van der Waals surface area (Å²) in [5.74, 6) is -0.876. The number of rotatable bonds is 0. The Morgan fingerprint density at radius 3 is 2.85 bits per heavy atom. The molecule has 2 nitrogen and oxygen atoms in total. The number of alkyl halides is 2. The Morgan fingerprint density at radius 1 is 1.31 bits per heavy atom. The molecule has 0 amide bonds. The van der Waals surface area contributed by atoms with Crippen LogP contribution < -0.4 is 4.74 Å². The molecule has 1 aromatic rings. The predicted molar refractivity (Wildman–Crippen MR) is 40.1 cm³/mol. The highest BCUT2D eigenvalue weighted by Gasteiger charge is 2.33. The zero-order chi connectivity index (χ0) is 9.47. The average molecular weight is 187 g/mol. The van der Waals surface area contributed by atoms with E-state index in [9.17, 15) is 13.2 Å². The molecule has 5 heteroatoms. The molecule has 0 spiro atoms. The molecule has 0 atom stereocenters. The van der Waals surface area contributed by atoms with Crippen LogP contribution in [0.4, 0.5) is 18.9 Å². The monoisotopic (exact) mass is 187 g/mol. The number of hydrogen-bond donors (Lipinski definition) is 0. The molecule has 0 radical (unpaired) electrons. The van der Waals surface area contributed by atoms with E-state index < -0.39 is 11.9 Å². The number of aliphatic imine (C=N–C) groups is 1. The van der Waals surface area contributed by atoms with Gasteiger partial charge >= 0.3 is 6.11 Å². The van der Waals surface area contributed by atoms with Gasteiger partial charge in [-0.2, -0.15) is 8.78 Å². The van der Waals surface area contributed by atoms with Crippen molar-refractivity contribution in [1.82, 2.24) is 0 Å². The SMILES string of the molecule is Fc1ccc2c(c1)OC(F)(F)C=N2. The number of hydrogen-bond acceptors (Lipinski definition) is 2. The summed E-state index contributed by atoms with van der Waals surface area (Å²) < 4.78 is 41.8. The van der Waals surface area contributed by atoms with Crippen LogP contribution in [0.2, 0.25) is 0 Å². The molecule has 1 aliphatic rings. The lowest BCUT2D eigenvalue weighted by atomic mass is 10.2. The topological polar surface area (TPSA) is 21.6 Å². The fourth-order valence-corrected chi connectivity index (χ4v) is 0.994. The summed E-state index contributed by atoms with van der Waals surface area (Å²) in [6.45, 7) is 0. The van der Waals surface area contributed by atoms with Crippen LogP contribution in [-0.2, 0) is 0 Å². The highest BCUT2D eigenvalue weighted by Crippen LogP contribution is 2.35. The number of halogens is 3. The number of nitrogens with zero attached hydrogens (tertiary/aromatic N) is 1. The first kappa shape index (κ1) is 8.10. The van der Waals surface area contributed by atoms with Crippen molar-refractivity contribution in [3.05, 3.63) is 24.0 Å². The third-order valence-corrected chi connectivity index (χ3v) is 1.52. The second-order valence-corrected chi connectivity index (χ2v) is 2.53. The molecule has 0 aliphatic carbocycles. The van der Waals surface area contributed by atoms with E-state index in [-0.39, 0.29) is 11.4 Å². The zero-order valence-electron chi connectivity index (χ0n) is 6.30. The van der Waals surface area contributed by atoms with Gasteiger partial charge < -0.3 is 4.74 Å². The molecule has 0 saturated heterocycles. The van der Waals surface area contributed by atoms with E-state index in [4.69, 9.17) is 0 Å². The van der Waals surface area contributed by atoms with E-state index in [0.29, 0.717) is 6.21 Å². The Bertz CT molecular complexity index is 376. The van der Waals surface area contributed by atoms with Crippen LogP contribution in [0.25, 0.3) is 0 Å². The lowest BCUT2D eigenvalue weighted by Gasteiger charge is -2.18. The molecule has 13 heavy (non-hydrogen) atoms. The van der Waals surface area contributed by atoms with Crippen LogP contribution >= 0.6 is 0 Å². The lowest BCUT2D eigenvalue weighted by molar-refractivity contribution is -0.109. The normalized spacial score (nSPS) is 17.8. The smallest absolute Gasteiger partial charge is 0.426 e. The van der Waals surface area contributed by atoms with Gasteiger partial charge in [0, 0.05) is 6.07 Å². The summed E-state index contributed by atoms with van der Waals surface area (Å²) in [4.78, 5) is 3.42. The van der Waals surface area contributed by atoms with E-state index in [1.54, 1.807) is 0 Å². The van der Waals surface area contributed by atoms with Crippen LogP contribution in [0.1, 0.15) is 0 Å². The number of fused-ring (bicyclic) bond motifs is 1. The largest absolute Gasteiger partial charge is 0.437 e. The molecule has 0 aromatic heterocycles. The number of benzene rings is 1. The van der Waals surface area contributed by atoms with Gasteiger partial charge in [0.15, 0.2) is 5.75 Å². The van der Waals surface area contributed by atoms with Crippen molar-refractivity contribution in [2.45, 2.75) is 6.11 Å². The third-order valence-electron chi connectivity index (χ3n) is 1.52. The van der Waals surface area contributed by atoms with Crippen molar-refractivity contribution >= 4 is 11.9 Å². The van der Waals surface area contributed by atoms with E-state index in [1.807, 2.05) is 0 Å². The molecule has 68 valence electrons. The summed E-state index contributed by atoms with van der Waals surface area (Å²) in [5.41, 5.74) is 0.201. The van der Waals surface area contributed by atoms with Gasteiger partial charge in [-0.05, 0) is 12.1 Å². The predicted octanol–water partition coefficient (Wildman–Crippen LogP) is 2.51. The van der Waals surface area contributed by atoms with Gasteiger partial charge in [-0.1, -0.05) is 0 Å². The van der Waals surface area contributed by atoms with Gasteiger partial charge in [0.25, 0.3) is 0 Å². The Balaban J connectivity index is 2.48. The molecule has 0 bridgehead atoms. The van der Waals surface area contributed by atoms with E-state index in [2.05, 4.69) is 9.73 Å². The summed E-state index contributed by atoms with van der Waals surface area (Å²) >= 11 is 0. The van der Waals surface area contributed by atoms with E-state index in [0.717, 1.165) is 12.1 Å². The second-order valence-electron chi connectivity index (χ2n) is 2.53. The fourth-order valence-electron chi connectivity index (χ4n) is 0.994. The maximum Gasteiger partial charge on any atom is 0.437 e. The van der Waals surface area contributed by atoms with Crippen LogP contribution in [0.5, 0.6) is 5.75 Å². The fraction of sp³-hybridized carbons (Fsp3) is 0.125. The van der Waals surface area contributed by atoms with Gasteiger partial charge in [-0.3, -0.25) is 0 Å². The van der Waals surface area contributed by atoms with Crippen molar-refractivity contribution in [3.63, 3.8) is 0 Å². The van der Waals surface area contributed by atoms with Crippen LogP contribution in [0, 0.1) is 5.82 Å². The van der Waals surface area contributed by atoms with Crippen molar-refractivity contribution < 1.29 is 17.9 Å². The van der Waals surface area contributed by atoms with Crippen molar-refractivity contribution in [1.29, 1.82) is 0 Å². The highest BCUT2D eigenvalue weighted by molar-refractivity contribution is 5.74. The Hall–Kier alpha value is -1.52. The Kier molecular flexibility index (Phi) is 1.55. The first-order valence-corrected chi connectivity index (χ1v) is 3.48. The summed E-state index contributed by atoms with van der Waals surface area (Å²) in [6.07, 6.45) is -3.06. The van der Waals surface area contributed by atoms with Crippen molar-refractivity contribution in [3.8, 4) is 5.75 Å². The van der Waals surface area contributed by atoms with Gasteiger partial charge in [-0.25, -0.2) is 9.38 Å². The van der Waals surface area contributed by atoms with E-state index in [1.165, 1.54) is 6.07 Å². The van der Waals surface area contributed by atoms with Crippen LogP contribution in [-0.4, -0.2) is 12.3 Å². The van der Waals surface area contributed by atoms with Crippen molar-refractivity contribution in [2.24, 2.45) is 4.99 Å². The molecule has 1 heterocycles. The first-order chi connectivity index (χ1) is 6.07. The zero-order valence-corrected chi connectivity index (χ0v) is 6.30. The molecule has 1 aliphatic heterocycles. The quantitative estimate of drug-likeness (QED) is 0.611. The Labute approximate surface area is 71.7 Å². The molecule has 2 rings (SSSR count). The molecule has 0 fully saturated rings. The van der Waals surface area contributed by atoms with Crippen molar-refractivity contribution in [2.75, 3.05) is 0 Å². The van der Waals surface area contributed by atoms with Crippen LogP contribution in [0.3, 0.4) is 0 Å². The van der Waals surface area contributed by atoms with Gasteiger partial charge in [-0.15, -0.1) is 0 Å². The second kappa shape index (κ2) is 2.48. The molecule has 1 aromatic carbocycles. The van der Waals surface area contributed by atoms with E-state index >= 15 is 0 Å². The Morgan fingerprint density at radius 2 is 2.08 bits per heavy atom. The maximum atomic E-state index is 12.6. The minimum absolute atomic E-state index is 0.201. The van der Waals surface area contributed by atoms with Gasteiger partial charge in [0.2, 0.25) is 0 Å². The summed E-state index contributed by atoms with van der Waals surface area (Å²) in [5, 5.41) is 0. The number of ether oxygens (including phenoxy) is 1. The molecule has 0 saturated carbocycles. The first-order valence-electron chi connectivity index (χ1n) is 3.48. The molecule has 0 unspecified atom stereocenters. The lowest BCUT2D eigenvalue weighted by Crippen LogP contribution is -2.28. The molecular formula is C8H4F3NO. The molecule has 0 N–H and O–H groups in total. The summed E-state index contributed by atoms with van der Waals surface area (Å²) in [7, 11) is 0. The minimum atomic E-state index is -3.44. The highest BCUT2D eigenvalue weighted by atomic mass is 19.3.